The van der Waals surface area contributed by atoms with Crippen molar-refractivity contribution in [3.05, 3.63) is 40.5 Å². The van der Waals surface area contributed by atoms with Crippen molar-refractivity contribution in [1.29, 1.82) is 0 Å². The van der Waals surface area contributed by atoms with E-state index in [2.05, 4.69) is 30.4 Å². The van der Waals surface area contributed by atoms with E-state index in [4.69, 9.17) is 0 Å². The summed E-state index contributed by atoms with van der Waals surface area (Å²) < 4.78 is 31.0. The highest BCUT2D eigenvalue weighted by Gasteiger charge is 2.23. The van der Waals surface area contributed by atoms with Crippen LogP contribution >= 0.6 is 0 Å². The second-order valence-electron chi connectivity index (χ2n) is 6.93. The molecule has 0 bridgehead atoms. The van der Waals surface area contributed by atoms with Gasteiger partial charge in [0.1, 0.15) is 10.7 Å². The molecule has 0 aliphatic heterocycles. The Morgan fingerprint density at radius 3 is 2.17 bits per heavy atom. The van der Waals surface area contributed by atoms with Crippen molar-refractivity contribution < 1.29 is 8.42 Å². The Labute approximate surface area is 170 Å². The second-order valence-corrected chi connectivity index (χ2v) is 8.64. The molecule has 0 saturated heterocycles. The van der Waals surface area contributed by atoms with E-state index in [1.54, 1.807) is 36.3 Å². The highest BCUT2D eigenvalue weighted by molar-refractivity contribution is 7.89. The largest absolute Gasteiger partial charge is 0.367 e. The number of aryl methyl sites for hydroxylation is 3. The van der Waals surface area contributed by atoms with Gasteiger partial charge in [-0.05, 0) is 52.3 Å². The standard InChI is InChI=1S/C18H26N8O2S/c1-11-12(2)24-26(14(11)4)17-8-7-16(21-22-17)19-9-10-20-29(27,28)18-13(3)23-25(6)15(18)5/h7-8,20H,9-10H2,1-6H3,(H,19,21). The summed E-state index contributed by atoms with van der Waals surface area (Å²) in [6.45, 7) is 9.95. The van der Waals surface area contributed by atoms with Crippen LogP contribution in [-0.4, -0.2) is 51.3 Å². The van der Waals surface area contributed by atoms with Gasteiger partial charge in [-0.15, -0.1) is 10.2 Å². The molecule has 0 aromatic carbocycles. The zero-order valence-corrected chi connectivity index (χ0v) is 18.3. The first-order valence-electron chi connectivity index (χ1n) is 9.22. The minimum absolute atomic E-state index is 0.205. The summed E-state index contributed by atoms with van der Waals surface area (Å²) in [7, 11) is -1.90. The molecular formula is C18H26N8O2S. The molecule has 0 amide bonds. The van der Waals surface area contributed by atoms with Crippen LogP contribution < -0.4 is 10.0 Å². The Morgan fingerprint density at radius 2 is 1.66 bits per heavy atom. The normalized spacial score (nSPS) is 11.8. The van der Waals surface area contributed by atoms with E-state index < -0.39 is 10.0 Å². The predicted octanol–water partition coefficient (Wildman–Crippen LogP) is 1.33. The number of sulfonamides is 1. The molecular weight excluding hydrogens is 392 g/mol. The van der Waals surface area contributed by atoms with Crippen LogP contribution in [-0.2, 0) is 17.1 Å². The molecule has 0 saturated carbocycles. The molecule has 10 nitrogen and oxygen atoms in total. The average molecular weight is 419 g/mol. The summed E-state index contributed by atoms with van der Waals surface area (Å²) in [5.41, 5.74) is 4.18. The molecule has 156 valence electrons. The number of aromatic nitrogens is 6. The van der Waals surface area contributed by atoms with Gasteiger partial charge in [-0.3, -0.25) is 4.68 Å². The summed E-state index contributed by atoms with van der Waals surface area (Å²) in [5.74, 6) is 1.19. The smallest absolute Gasteiger partial charge is 0.244 e. The fraction of sp³-hybridized carbons (Fsp3) is 0.444. The maximum absolute atomic E-state index is 12.5. The van der Waals surface area contributed by atoms with Gasteiger partial charge in [0.05, 0.1) is 17.1 Å². The van der Waals surface area contributed by atoms with Crippen molar-refractivity contribution in [3.8, 4) is 5.82 Å². The van der Waals surface area contributed by atoms with E-state index in [-0.39, 0.29) is 11.4 Å². The number of nitrogens with zero attached hydrogens (tertiary/aromatic N) is 6. The maximum atomic E-state index is 12.5. The molecule has 3 aromatic heterocycles. The van der Waals surface area contributed by atoms with Crippen LogP contribution in [0.5, 0.6) is 0 Å². The maximum Gasteiger partial charge on any atom is 0.244 e. The molecule has 0 atom stereocenters. The molecule has 3 rings (SSSR count). The van der Waals surface area contributed by atoms with Gasteiger partial charge in [0, 0.05) is 25.8 Å². The minimum atomic E-state index is -3.63. The third-order valence-corrected chi connectivity index (χ3v) is 6.67. The number of rotatable bonds is 7. The van der Waals surface area contributed by atoms with Gasteiger partial charge in [-0.2, -0.15) is 10.2 Å². The Morgan fingerprint density at radius 1 is 0.931 bits per heavy atom. The third-order valence-electron chi connectivity index (χ3n) is 4.96. The number of hydrogen-bond donors (Lipinski definition) is 2. The van der Waals surface area contributed by atoms with Gasteiger partial charge in [-0.25, -0.2) is 17.8 Å². The lowest BCUT2D eigenvalue weighted by atomic mass is 10.2. The van der Waals surface area contributed by atoms with Gasteiger partial charge < -0.3 is 5.32 Å². The Hall–Kier alpha value is -2.79. The second kappa shape index (κ2) is 7.91. The van der Waals surface area contributed by atoms with E-state index in [0.29, 0.717) is 29.6 Å². The molecule has 0 aliphatic carbocycles. The van der Waals surface area contributed by atoms with Gasteiger partial charge in [0.2, 0.25) is 10.0 Å². The lowest BCUT2D eigenvalue weighted by Gasteiger charge is -2.09. The summed E-state index contributed by atoms with van der Waals surface area (Å²) >= 11 is 0. The highest BCUT2D eigenvalue weighted by atomic mass is 32.2. The molecule has 29 heavy (non-hydrogen) atoms. The van der Waals surface area contributed by atoms with Crippen molar-refractivity contribution in [3.63, 3.8) is 0 Å². The number of nitrogens with one attached hydrogen (secondary N) is 2. The molecule has 0 radical (unpaired) electrons. The van der Waals surface area contributed by atoms with Crippen LogP contribution in [0.3, 0.4) is 0 Å². The zero-order chi connectivity index (χ0) is 21.3. The topological polar surface area (TPSA) is 120 Å². The SMILES string of the molecule is Cc1nn(-c2ccc(NCCNS(=O)(=O)c3c(C)nn(C)c3C)nn2)c(C)c1C. The molecule has 3 heterocycles. The van der Waals surface area contributed by atoms with Crippen LogP contribution in [0.2, 0.25) is 0 Å². The number of hydrogen-bond acceptors (Lipinski definition) is 7. The first kappa shape index (κ1) is 20.9. The third kappa shape index (κ3) is 4.15. The quantitative estimate of drug-likeness (QED) is 0.555. The van der Waals surface area contributed by atoms with E-state index in [1.807, 2.05) is 26.8 Å². The van der Waals surface area contributed by atoms with Crippen LogP contribution in [0.1, 0.15) is 28.3 Å². The summed E-state index contributed by atoms with van der Waals surface area (Å²) in [6.07, 6.45) is 0. The van der Waals surface area contributed by atoms with E-state index in [9.17, 15) is 8.42 Å². The summed E-state index contributed by atoms with van der Waals surface area (Å²) in [4.78, 5) is 0.226. The fourth-order valence-electron chi connectivity index (χ4n) is 3.07. The first-order chi connectivity index (χ1) is 13.6. The van der Waals surface area contributed by atoms with Gasteiger partial charge >= 0.3 is 0 Å². The Balaban J connectivity index is 1.59. The minimum Gasteiger partial charge on any atom is -0.367 e. The lowest BCUT2D eigenvalue weighted by molar-refractivity contribution is 0.581. The van der Waals surface area contributed by atoms with E-state index in [1.165, 1.54) is 0 Å². The molecule has 11 heteroatoms. The van der Waals surface area contributed by atoms with Gasteiger partial charge in [0.25, 0.3) is 0 Å². The monoisotopic (exact) mass is 418 g/mol. The lowest BCUT2D eigenvalue weighted by Crippen LogP contribution is -2.29. The van der Waals surface area contributed by atoms with Crippen LogP contribution in [0.4, 0.5) is 5.82 Å². The molecule has 0 aliphatic rings. The van der Waals surface area contributed by atoms with E-state index >= 15 is 0 Å². The van der Waals surface area contributed by atoms with Crippen molar-refractivity contribution in [2.75, 3.05) is 18.4 Å². The van der Waals surface area contributed by atoms with Crippen LogP contribution in [0.15, 0.2) is 17.0 Å². The van der Waals surface area contributed by atoms with Crippen LogP contribution in [0, 0.1) is 34.6 Å². The van der Waals surface area contributed by atoms with E-state index in [0.717, 1.165) is 17.0 Å². The molecule has 3 aromatic rings. The van der Waals surface area contributed by atoms with Gasteiger partial charge in [0.15, 0.2) is 5.82 Å². The summed E-state index contributed by atoms with van der Waals surface area (Å²) in [5, 5.41) is 20.0. The van der Waals surface area contributed by atoms with Crippen molar-refractivity contribution in [2.45, 2.75) is 39.5 Å². The molecule has 0 spiro atoms. The van der Waals surface area contributed by atoms with Crippen LogP contribution in [0.25, 0.3) is 5.82 Å². The number of anilines is 1. The highest BCUT2D eigenvalue weighted by Crippen LogP contribution is 2.18. The molecule has 0 fully saturated rings. The van der Waals surface area contributed by atoms with Crippen molar-refractivity contribution in [1.82, 2.24) is 34.5 Å². The van der Waals surface area contributed by atoms with Gasteiger partial charge in [-0.1, -0.05) is 0 Å². The predicted molar refractivity (Wildman–Crippen MR) is 110 cm³/mol. The summed E-state index contributed by atoms with van der Waals surface area (Å²) in [6, 6.07) is 3.61. The van der Waals surface area contributed by atoms with Crippen molar-refractivity contribution >= 4 is 15.8 Å². The Bertz CT molecular complexity index is 1130. The molecule has 0 unspecified atom stereocenters. The fourth-order valence-corrected chi connectivity index (χ4v) is 4.53. The Kier molecular flexibility index (Phi) is 5.71. The average Bonchev–Trinajstić information content (AvgIpc) is 3.08. The van der Waals surface area contributed by atoms with Crippen molar-refractivity contribution in [2.24, 2.45) is 7.05 Å². The first-order valence-corrected chi connectivity index (χ1v) is 10.7. The zero-order valence-electron chi connectivity index (χ0n) is 17.5. The molecule has 2 N–H and O–H groups in total.